The fourth-order valence-electron chi connectivity index (χ4n) is 1.47. The molecular weight excluding hydrogens is 282 g/mol. The molecule has 0 saturated carbocycles. The van der Waals surface area contributed by atoms with Crippen molar-refractivity contribution < 1.29 is 9.53 Å². The first-order chi connectivity index (χ1) is 9.08. The molecular formula is C12H13N3O2S2. The number of aromatic nitrogens is 1. The summed E-state index contributed by atoms with van der Waals surface area (Å²) < 4.78 is 5.80. The molecule has 1 aromatic carbocycles. The van der Waals surface area contributed by atoms with E-state index in [2.05, 4.69) is 21.7 Å². The van der Waals surface area contributed by atoms with Gasteiger partial charge in [0.1, 0.15) is 0 Å². The van der Waals surface area contributed by atoms with Crippen molar-refractivity contribution in [1.82, 2.24) is 10.3 Å². The quantitative estimate of drug-likeness (QED) is 0.834. The Bertz CT molecular complexity index is 624. The molecule has 0 atom stereocenters. The van der Waals surface area contributed by atoms with Crippen LogP contribution < -0.4 is 10.6 Å². The number of amides is 1. The zero-order chi connectivity index (χ0) is 13.8. The van der Waals surface area contributed by atoms with Crippen LogP contribution >= 0.6 is 23.6 Å². The number of anilines is 1. The van der Waals surface area contributed by atoms with E-state index in [-0.39, 0.29) is 5.11 Å². The van der Waals surface area contributed by atoms with E-state index in [0.29, 0.717) is 11.7 Å². The molecule has 19 heavy (non-hydrogen) atoms. The van der Waals surface area contributed by atoms with Gasteiger partial charge < -0.3 is 10.1 Å². The second-order valence-electron chi connectivity index (χ2n) is 3.79. The number of ether oxygens (including phenoxy) is 1. The standard InChI is InChI=1S/C12H13N3O2S2/c1-3-17-12(16)15-10(18)14-11-13-8-5-4-7(2)6-9(8)19-11/h4-6H,3H2,1-2H3,(H2,13,14,15,16,18). The predicted molar refractivity (Wildman–Crippen MR) is 80.7 cm³/mol. The second kappa shape index (κ2) is 5.94. The molecule has 0 saturated heterocycles. The van der Waals surface area contributed by atoms with Crippen LogP contribution in [0.2, 0.25) is 0 Å². The van der Waals surface area contributed by atoms with Crippen molar-refractivity contribution in [2.45, 2.75) is 13.8 Å². The van der Waals surface area contributed by atoms with Crippen LogP contribution in [0, 0.1) is 6.92 Å². The molecule has 0 radical (unpaired) electrons. The Morgan fingerprint density at radius 3 is 3.05 bits per heavy atom. The van der Waals surface area contributed by atoms with E-state index >= 15 is 0 Å². The minimum atomic E-state index is -0.572. The van der Waals surface area contributed by atoms with Crippen molar-refractivity contribution in [3.05, 3.63) is 23.8 Å². The number of hydrogen-bond acceptors (Lipinski definition) is 5. The zero-order valence-corrected chi connectivity index (χ0v) is 12.2. The lowest BCUT2D eigenvalue weighted by molar-refractivity contribution is 0.158. The van der Waals surface area contributed by atoms with Crippen molar-refractivity contribution >= 4 is 50.1 Å². The number of thiocarbonyl (C=S) groups is 1. The summed E-state index contributed by atoms with van der Waals surface area (Å²) in [5.41, 5.74) is 2.08. The summed E-state index contributed by atoms with van der Waals surface area (Å²) in [5.74, 6) is 0. The van der Waals surface area contributed by atoms with Gasteiger partial charge in [-0.3, -0.25) is 5.32 Å². The van der Waals surface area contributed by atoms with Gasteiger partial charge in [0.25, 0.3) is 0 Å². The Labute approximate surface area is 120 Å². The number of alkyl carbamates (subject to hydrolysis) is 1. The van der Waals surface area contributed by atoms with E-state index in [4.69, 9.17) is 17.0 Å². The molecule has 0 aliphatic heterocycles. The van der Waals surface area contributed by atoms with Gasteiger partial charge in [-0.2, -0.15) is 0 Å². The fraction of sp³-hybridized carbons (Fsp3) is 0.250. The Morgan fingerprint density at radius 1 is 1.53 bits per heavy atom. The zero-order valence-electron chi connectivity index (χ0n) is 10.5. The molecule has 0 bridgehead atoms. The summed E-state index contributed by atoms with van der Waals surface area (Å²) in [6.45, 7) is 4.06. The minimum Gasteiger partial charge on any atom is -0.450 e. The number of benzene rings is 1. The topological polar surface area (TPSA) is 63.2 Å². The van der Waals surface area contributed by atoms with Crippen LogP contribution in [0.4, 0.5) is 9.93 Å². The molecule has 2 aromatic rings. The first kappa shape index (κ1) is 13.7. The van der Waals surface area contributed by atoms with E-state index in [1.807, 2.05) is 19.1 Å². The third-order valence-electron chi connectivity index (χ3n) is 2.26. The fourth-order valence-corrected chi connectivity index (χ4v) is 2.69. The van der Waals surface area contributed by atoms with Crippen LogP contribution in [0.5, 0.6) is 0 Å². The molecule has 1 heterocycles. The van der Waals surface area contributed by atoms with Gasteiger partial charge in [-0.25, -0.2) is 9.78 Å². The third-order valence-corrected chi connectivity index (χ3v) is 3.39. The van der Waals surface area contributed by atoms with Gasteiger partial charge in [0, 0.05) is 0 Å². The summed E-state index contributed by atoms with van der Waals surface area (Å²) in [6, 6.07) is 6.01. The number of nitrogens with one attached hydrogen (secondary N) is 2. The number of fused-ring (bicyclic) bond motifs is 1. The van der Waals surface area contributed by atoms with Crippen molar-refractivity contribution in [2.24, 2.45) is 0 Å². The summed E-state index contributed by atoms with van der Waals surface area (Å²) in [6.07, 6.45) is -0.572. The number of carbonyl (C=O) groups excluding carboxylic acids is 1. The van der Waals surface area contributed by atoms with Gasteiger partial charge in [-0.1, -0.05) is 17.4 Å². The monoisotopic (exact) mass is 295 g/mol. The molecule has 2 rings (SSSR count). The van der Waals surface area contributed by atoms with Crippen molar-refractivity contribution in [2.75, 3.05) is 11.9 Å². The van der Waals surface area contributed by atoms with Crippen LogP contribution in [0.15, 0.2) is 18.2 Å². The van der Waals surface area contributed by atoms with Crippen molar-refractivity contribution in [3.63, 3.8) is 0 Å². The Morgan fingerprint density at radius 2 is 2.32 bits per heavy atom. The summed E-state index contributed by atoms with van der Waals surface area (Å²) in [5, 5.41) is 6.09. The number of hydrogen-bond donors (Lipinski definition) is 2. The number of rotatable bonds is 2. The van der Waals surface area contributed by atoms with Gasteiger partial charge in [-0.05, 0) is 43.8 Å². The molecule has 0 aliphatic carbocycles. The molecule has 1 amide bonds. The van der Waals surface area contributed by atoms with Crippen LogP contribution in [0.3, 0.4) is 0 Å². The van der Waals surface area contributed by atoms with Crippen LogP contribution in [-0.4, -0.2) is 22.8 Å². The molecule has 1 aromatic heterocycles. The molecule has 100 valence electrons. The minimum absolute atomic E-state index is 0.175. The average molecular weight is 295 g/mol. The number of aryl methyl sites for hydroxylation is 1. The van der Waals surface area contributed by atoms with E-state index in [0.717, 1.165) is 10.2 Å². The van der Waals surface area contributed by atoms with Crippen molar-refractivity contribution in [1.29, 1.82) is 0 Å². The van der Waals surface area contributed by atoms with Crippen LogP contribution in [-0.2, 0) is 4.74 Å². The molecule has 0 aliphatic rings. The van der Waals surface area contributed by atoms with Gasteiger partial charge in [0.05, 0.1) is 16.8 Å². The lowest BCUT2D eigenvalue weighted by Gasteiger charge is -2.06. The molecule has 5 nitrogen and oxygen atoms in total. The van der Waals surface area contributed by atoms with Gasteiger partial charge >= 0.3 is 6.09 Å². The maximum Gasteiger partial charge on any atom is 0.413 e. The molecule has 0 unspecified atom stereocenters. The van der Waals surface area contributed by atoms with Crippen LogP contribution in [0.1, 0.15) is 12.5 Å². The number of nitrogens with zero attached hydrogens (tertiary/aromatic N) is 1. The smallest absolute Gasteiger partial charge is 0.413 e. The van der Waals surface area contributed by atoms with E-state index < -0.39 is 6.09 Å². The molecule has 7 heteroatoms. The first-order valence-corrected chi connectivity index (χ1v) is 6.93. The Kier molecular flexibility index (Phi) is 4.28. The summed E-state index contributed by atoms with van der Waals surface area (Å²) >= 11 is 6.48. The van der Waals surface area contributed by atoms with Gasteiger partial charge in [0.2, 0.25) is 0 Å². The number of carbonyl (C=O) groups is 1. The maximum absolute atomic E-state index is 11.2. The lowest BCUT2D eigenvalue weighted by atomic mass is 10.2. The van der Waals surface area contributed by atoms with E-state index in [1.165, 1.54) is 16.9 Å². The highest BCUT2D eigenvalue weighted by atomic mass is 32.1. The highest BCUT2D eigenvalue weighted by Crippen LogP contribution is 2.26. The van der Waals surface area contributed by atoms with Gasteiger partial charge in [0.15, 0.2) is 10.2 Å². The van der Waals surface area contributed by atoms with E-state index in [1.54, 1.807) is 6.92 Å². The summed E-state index contributed by atoms with van der Waals surface area (Å²) in [7, 11) is 0. The third kappa shape index (κ3) is 3.62. The van der Waals surface area contributed by atoms with Crippen LogP contribution in [0.25, 0.3) is 10.2 Å². The van der Waals surface area contributed by atoms with Crippen molar-refractivity contribution in [3.8, 4) is 0 Å². The second-order valence-corrected chi connectivity index (χ2v) is 5.23. The molecule has 0 fully saturated rings. The van der Waals surface area contributed by atoms with E-state index in [9.17, 15) is 4.79 Å². The highest BCUT2D eigenvalue weighted by molar-refractivity contribution is 7.80. The Hall–Kier alpha value is -1.73. The Balaban J connectivity index is 2.05. The first-order valence-electron chi connectivity index (χ1n) is 5.70. The van der Waals surface area contributed by atoms with Gasteiger partial charge in [-0.15, -0.1) is 0 Å². The SMILES string of the molecule is CCOC(=O)NC(=S)Nc1nc2ccc(C)cc2s1. The predicted octanol–water partition coefficient (Wildman–Crippen LogP) is 3.05. The highest BCUT2D eigenvalue weighted by Gasteiger charge is 2.08. The molecule has 2 N–H and O–H groups in total. The maximum atomic E-state index is 11.2. The summed E-state index contributed by atoms with van der Waals surface area (Å²) in [4.78, 5) is 15.6. The number of thiazole rings is 1. The largest absolute Gasteiger partial charge is 0.450 e. The lowest BCUT2D eigenvalue weighted by Crippen LogP contribution is -2.34. The normalized spacial score (nSPS) is 10.2. The average Bonchev–Trinajstić information content (AvgIpc) is 2.70. The molecule has 0 spiro atoms.